The lowest BCUT2D eigenvalue weighted by molar-refractivity contribution is 0.0436. The summed E-state index contributed by atoms with van der Waals surface area (Å²) in [5, 5.41) is 0. The van der Waals surface area contributed by atoms with Crippen LogP contribution in [0.4, 0.5) is 4.39 Å². The van der Waals surface area contributed by atoms with Crippen LogP contribution in [0.2, 0.25) is 0 Å². The summed E-state index contributed by atoms with van der Waals surface area (Å²) in [4.78, 5) is 0. The molecule has 5 heteroatoms. The summed E-state index contributed by atoms with van der Waals surface area (Å²) in [7, 11) is -3.25. The zero-order chi connectivity index (χ0) is 14.1. The summed E-state index contributed by atoms with van der Waals surface area (Å²) in [5.41, 5.74) is 0.922. The molecule has 0 N–H and O–H groups in total. The second-order valence-electron chi connectivity index (χ2n) is 4.06. The summed E-state index contributed by atoms with van der Waals surface area (Å²) in [6.07, 6.45) is 0.257. The molecule has 0 radical (unpaired) electrons. The van der Waals surface area contributed by atoms with E-state index in [0.29, 0.717) is 19.8 Å². The van der Waals surface area contributed by atoms with Crippen molar-refractivity contribution >= 4 is 8.80 Å². The number of hydrogen-bond acceptors (Lipinski definition) is 3. The van der Waals surface area contributed by atoms with Crippen LogP contribution in [-0.4, -0.2) is 34.4 Å². The third-order valence-corrected chi connectivity index (χ3v) is 5.72. The Morgan fingerprint density at radius 2 is 1.42 bits per heavy atom. The van der Waals surface area contributed by atoms with Crippen molar-refractivity contribution in [1.82, 2.24) is 0 Å². The van der Waals surface area contributed by atoms with Gasteiger partial charge in [-0.1, -0.05) is 30.3 Å². The molecule has 1 aromatic rings. The molecule has 0 fully saturated rings. The molecule has 1 unspecified atom stereocenters. The third-order valence-electron chi connectivity index (χ3n) is 2.68. The van der Waals surface area contributed by atoms with Gasteiger partial charge < -0.3 is 13.3 Å². The van der Waals surface area contributed by atoms with Gasteiger partial charge in [-0.3, -0.25) is 0 Å². The molecular formula is C14H23FO3Si. The topological polar surface area (TPSA) is 27.7 Å². The minimum atomic E-state index is -3.25. The first-order valence-corrected chi connectivity index (χ1v) is 8.58. The Balaban J connectivity index is 2.82. The molecule has 0 saturated heterocycles. The molecule has 0 aliphatic carbocycles. The predicted octanol–water partition coefficient (Wildman–Crippen LogP) is 3.15. The first-order valence-electron chi connectivity index (χ1n) is 6.78. The Kier molecular flexibility index (Phi) is 7.23. The summed E-state index contributed by atoms with van der Waals surface area (Å²) in [5.74, 6) is -1.24. The van der Waals surface area contributed by atoms with E-state index in [1.165, 1.54) is 0 Å². The van der Waals surface area contributed by atoms with Gasteiger partial charge in [0, 0.05) is 26.2 Å². The number of hydrogen-bond donors (Lipinski definition) is 0. The normalized spacial score (nSPS) is 13.5. The fourth-order valence-corrected chi connectivity index (χ4v) is 4.43. The van der Waals surface area contributed by atoms with Crippen molar-refractivity contribution in [3.05, 3.63) is 35.9 Å². The fourth-order valence-electron chi connectivity index (χ4n) is 1.95. The van der Waals surface area contributed by atoms with Crippen LogP contribution in [-0.2, 0) is 19.7 Å². The summed E-state index contributed by atoms with van der Waals surface area (Å²) < 4.78 is 31.3. The van der Waals surface area contributed by atoms with Gasteiger partial charge in [0.15, 0.2) is 5.79 Å². The smallest absolute Gasteiger partial charge is 0.372 e. The zero-order valence-corrected chi connectivity index (χ0v) is 12.9. The monoisotopic (exact) mass is 286 g/mol. The van der Waals surface area contributed by atoms with Gasteiger partial charge in [-0.05, 0) is 26.3 Å². The molecule has 19 heavy (non-hydrogen) atoms. The average molecular weight is 286 g/mol. The molecule has 108 valence electrons. The van der Waals surface area contributed by atoms with Crippen LogP contribution in [0.5, 0.6) is 0 Å². The van der Waals surface area contributed by atoms with Gasteiger partial charge in [0.2, 0.25) is 0 Å². The molecule has 1 rings (SSSR count). The van der Waals surface area contributed by atoms with Gasteiger partial charge >= 0.3 is 8.80 Å². The SMILES string of the molecule is CCO[Si](OCC)(OCC)C(F)Cc1ccccc1. The van der Waals surface area contributed by atoms with E-state index in [1.807, 2.05) is 51.1 Å². The molecule has 0 saturated carbocycles. The van der Waals surface area contributed by atoms with E-state index in [9.17, 15) is 4.39 Å². The lowest BCUT2D eigenvalue weighted by Gasteiger charge is -2.31. The second-order valence-corrected chi connectivity index (χ2v) is 6.76. The van der Waals surface area contributed by atoms with Crippen LogP contribution in [0.3, 0.4) is 0 Å². The van der Waals surface area contributed by atoms with Gasteiger partial charge in [-0.25, -0.2) is 4.39 Å². The number of halogens is 1. The molecule has 3 nitrogen and oxygen atoms in total. The van der Waals surface area contributed by atoms with Crippen LogP contribution in [0.25, 0.3) is 0 Å². The number of benzene rings is 1. The first-order chi connectivity index (χ1) is 9.18. The fraction of sp³-hybridized carbons (Fsp3) is 0.571. The number of rotatable bonds is 9. The molecular weight excluding hydrogens is 263 g/mol. The van der Waals surface area contributed by atoms with E-state index in [0.717, 1.165) is 5.56 Å². The Morgan fingerprint density at radius 3 is 1.84 bits per heavy atom. The highest BCUT2D eigenvalue weighted by Gasteiger charge is 2.50. The molecule has 0 aromatic heterocycles. The highest BCUT2D eigenvalue weighted by molar-refractivity contribution is 6.62. The second kappa shape index (κ2) is 8.42. The van der Waals surface area contributed by atoms with Gasteiger partial charge in [-0.2, -0.15) is 0 Å². The maximum Gasteiger partial charge on any atom is 0.537 e. The Labute approximate surface area is 116 Å². The van der Waals surface area contributed by atoms with E-state index in [4.69, 9.17) is 13.3 Å². The minimum absolute atomic E-state index is 0.257. The van der Waals surface area contributed by atoms with Crippen LogP contribution >= 0.6 is 0 Å². The summed E-state index contributed by atoms with van der Waals surface area (Å²) in [6.45, 7) is 6.66. The van der Waals surface area contributed by atoms with Gasteiger partial charge in [0.25, 0.3) is 0 Å². The van der Waals surface area contributed by atoms with E-state index in [2.05, 4.69) is 0 Å². The van der Waals surface area contributed by atoms with Gasteiger partial charge in [0.05, 0.1) is 0 Å². The van der Waals surface area contributed by atoms with Gasteiger partial charge in [-0.15, -0.1) is 0 Å². The zero-order valence-electron chi connectivity index (χ0n) is 11.9. The van der Waals surface area contributed by atoms with Crippen molar-refractivity contribution in [2.24, 2.45) is 0 Å². The lowest BCUT2D eigenvalue weighted by Crippen LogP contribution is -2.55. The number of alkyl halides is 1. The highest BCUT2D eigenvalue weighted by Crippen LogP contribution is 2.21. The van der Waals surface area contributed by atoms with Crippen molar-refractivity contribution in [2.45, 2.75) is 33.0 Å². The first kappa shape index (κ1) is 16.3. The van der Waals surface area contributed by atoms with Crippen molar-refractivity contribution in [3.8, 4) is 0 Å². The van der Waals surface area contributed by atoms with Crippen LogP contribution in [0.1, 0.15) is 26.3 Å². The summed E-state index contributed by atoms with van der Waals surface area (Å²) in [6, 6.07) is 9.50. The summed E-state index contributed by atoms with van der Waals surface area (Å²) >= 11 is 0. The highest BCUT2D eigenvalue weighted by atomic mass is 28.4. The lowest BCUT2D eigenvalue weighted by atomic mass is 10.2. The maximum atomic E-state index is 14.7. The van der Waals surface area contributed by atoms with E-state index in [1.54, 1.807) is 0 Å². The van der Waals surface area contributed by atoms with Crippen molar-refractivity contribution in [1.29, 1.82) is 0 Å². The minimum Gasteiger partial charge on any atom is -0.372 e. The Morgan fingerprint density at radius 1 is 0.947 bits per heavy atom. The largest absolute Gasteiger partial charge is 0.537 e. The van der Waals surface area contributed by atoms with Crippen LogP contribution < -0.4 is 0 Å². The van der Waals surface area contributed by atoms with Crippen molar-refractivity contribution in [2.75, 3.05) is 19.8 Å². The van der Waals surface area contributed by atoms with Crippen molar-refractivity contribution < 1.29 is 17.7 Å². The molecule has 0 bridgehead atoms. The standard InChI is InChI=1S/C14H23FO3Si/c1-4-16-19(17-5-2,18-6-3)14(15)12-13-10-8-7-9-11-13/h7-11,14H,4-6,12H2,1-3H3. The van der Waals surface area contributed by atoms with Crippen LogP contribution in [0.15, 0.2) is 30.3 Å². The van der Waals surface area contributed by atoms with E-state index in [-0.39, 0.29) is 6.42 Å². The molecule has 0 aliphatic rings. The van der Waals surface area contributed by atoms with E-state index < -0.39 is 14.6 Å². The van der Waals surface area contributed by atoms with Crippen molar-refractivity contribution in [3.63, 3.8) is 0 Å². The molecule has 1 aromatic carbocycles. The quantitative estimate of drug-likeness (QED) is 0.653. The molecule has 0 aliphatic heterocycles. The van der Waals surface area contributed by atoms with Crippen LogP contribution in [0, 0.1) is 0 Å². The molecule has 0 heterocycles. The maximum absolute atomic E-state index is 14.7. The molecule has 0 spiro atoms. The Hall–Kier alpha value is -0.753. The van der Waals surface area contributed by atoms with E-state index >= 15 is 0 Å². The third kappa shape index (κ3) is 4.69. The molecule has 1 atom stereocenters. The average Bonchev–Trinajstić information content (AvgIpc) is 2.40. The molecule has 0 amide bonds. The van der Waals surface area contributed by atoms with Gasteiger partial charge in [0.1, 0.15) is 0 Å². The predicted molar refractivity (Wildman–Crippen MR) is 75.7 cm³/mol. The Bertz CT molecular complexity index is 331.